The number of hydrogen-bond donors (Lipinski definition) is 0. The van der Waals surface area contributed by atoms with Crippen molar-refractivity contribution in [2.75, 3.05) is 55.6 Å². The van der Waals surface area contributed by atoms with E-state index in [1.807, 2.05) is 9.80 Å². The summed E-state index contributed by atoms with van der Waals surface area (Å²) in [4.78, 5) is 44.1. The van der Waals surface area contributed by atoms with E-state index >= 15 is 0 Å². The Kier molecular flexibility index (Phi) is 9.62. The number of aryl methyl sites for hydroxylation is 1. The largest absolute Gasteiger partial charge is 0.418 e. The Morgan fingerprint density at radius 2 is 1.85 bits per heavy atom. The molecule has 46 heavy (non-hydrogen) atoms. The van der Waals surface area contributed by atoms with Crippen molar-refractivity contribution in [2.45, 2.75) is 58.3 Å². The van der Waals surface area contributed by atoms with Gasteiger partial charge < -0.3 is 19.6 Å². The van der Waals surface area contributed by atoms with Crippen molar-refractivity contribution in [3.63, 3.8) is 0 Å². The molecule has 0 spiro atoms. The van der Waals surface area contributed by atoms with E-state index in [4.69, 9.17) is 4.98 Å². The molecule has 0 bridgehead atoms. The summed E-state index contributed by atoms with van der Waals surface area (Å²) in [7, 11) is 0. The van der Waals surface area contributed by atoms with Crippen LogP contribution in [0.3, 0.4) is 0 Å². The Hall–Kier alpha value is -4.51. The van der Waals surface area contributed by atoms with Crippen LogP contribution in [0.5, 0.6) is 0 Å². The third-order valence-corrected chi connectivity index (χ3v) is 9.02. The van der Waals surface area contributed by atoms with Gasteiger partial charge in [-0.1, -0.05) is 32.6 Å². The predicted octanol–water partition coefficient (Wildman–Crippen LogP) is 3.93. The molecule has 4 heterocycles. The van der Waals surface area contributed by atoms with Crippen LogP contribution in [0.25, 0.3) is 16.6 Å². The van der Waals surface area contributed by atoms with Crippen LogP contribution in [0.15, 0.2) is 41.8 Å². The number of alkyl halides is 3. The standard InChI is InChI=1S/C32H38F3N9O2/c1-5-26(45)43-18-17-42(20-23(43)11-14-36)29-24-19-37-44(25-10-8-9-21(4)27(25)32(33,34)35)30(46)28(24)38-31(39-29)41-15-12-22(13-16-41)40(6-2)7-3/h5,8-10,19,22-23H,1,6-7,11-13,15-18,20H2,2-4H3/t23-/m0/s1. The molecule has 0 aliphatic carbocycles. The third kappa shape index (κ3) is 6.28. The van der Waals surface area contributed by atoms with Gasteiger partial charge in [0.25, 0.3) is 5.56 Å². The lowest BCUT2D eigenvalue weighted by Crippen LogP contribution is -2.55. The number of amides is 1. The molecule has 3 aromatic rings. The molecule has 2 saturated heterocycles. The quantitative estimate of drug-likeness (QED) is 0.339. The summed E-state index contributed by atoms with van der Waals surface area (Å²) in [5.74, 6) is 0.404. The van der Waals surface area contributed by atoms with Gasteiger partial charge in [0.1, 0.15) is 11.3 Å². The van der Waals surface area contributed by atoms with Gasteiger partial charge in [0.15, 0.2) is 0 Å². The van der Waals surface area contributed by atoms with Gasteiger partial charge in [0, 0.05) is 38.8 Å². The molecule has 1 amide bonds. The predicted molar refractivity (Wildman–Crippen MR) is 169 cm³/mol. The average molecular weight is 638 g/mol. The summed E-state index contributed by atoms with van der Waals surface area (Å²) < 4.78 is 43.2. The number of carbonyl (C=O) groups is 1. The minimum absolute atomic E-state index is 0.0330. The normalized spacial score (nSPS) is 17.9. The van der Waals surface area contributed by atoms with Crippen molar-refractivity contribution >= 4 is 28.6 Å². The molecule has 14 heteroatoms. The lowest BCUT2D eigenvalue weighted by atomic mass is 10.0. The SMILES string of the molecule is C=CC(=O)N1CCN(c2nc(N3CCC(N(CC)CC)CC3)nc3c(=O)n(-c4cccc(C)c4C(F)(F)F)ncc23)C[C@@H]1CC#N. The number of anilines is 2. The van der Waals surface area contributed by atoms with Gasteiger partial charge in [-0.15, -0.1) is 0 Å². The van der Waals surface area contributed by atoms with E-state index in [9.17, 15) is 28.0 Å². The number of hydrogen-bond acceptors (Lipinski definition) is 9. The summed E-state index contributed by atoms with van der Waals surface area (Å²) in [6.45, 7) is 13.2. The van der Waals surface area contributed by atoms with E-state index in [0.717, 1.165) is 30.6 Å². The fraction of sp³-hybridized carbons (Fsp3) is 0.500. The van der Waals surface area contributed by atoms with Crippen molar-refractivity contribution in [1.29, 1.82) is 5.26 Å². The highest BCUT2D eigenvalue weighted by Gasteiger charge is 2.37. The first-order valence-corrected chi connectivity index (χ1v) is 15.5. The van der Waals surface area contributed by atoms with Gasteiger partial charge in [0.05, 0.1) is 41.4 Å². The number of piperidine rings is 1. The van der Waals surface area contributed by atoms with Crippen molar-refractivity contribution in [2.24, 2.45) is 0 Å². The number of benzene rings is 1. The zero-order valence-electron chi connectivity index (χ0n) is 26.3. The molecule has 1 atom stereocenters. The van der Waals surface area contributed by atoms with E-state index < -0.39 is 23.3 Å². The van der Waals surface area contributed by atoms with E-state index in [0.29, 0.717) is 37.4 Å². The maximum atomic E-state index is 14.2. The van der Waals surface area contributed by atoms with Crippen LogP contribution < -0.4 is 15.4 Å². The van der Waals surface area contributed by atoms with Crippen molar-refractivity contribution in [3.8, 4) is 11.8 Å². The Balaban J connectivity index is 1.63. The number of fused-ring (bicyclic) bond motifs is 1. The van der Waals surface area contributed by atoms with E-state index in [1.54, 1.807) is 4.90 Å². The summed E-state index contributed by atoms with van der Waals surface area (Å²) in [5.41, 5.74) is -2.22. The van der Waals surface area contributed by atoms with Crippen LogP contribution in [0, 0.1) is 18.3 Å². The lowest BCUT2D eigenvalue weighted by molar-refractivity contribution is -0.138. The van der Waals surface area contributed by atoms with Crippen LogP contribution >= 0.6 is 0 Å². The second-order valence-electron chi connectivity index (χ2n) is 11.6. The topological polar surface area (TPSA) is 114 Å². The Morgan fingerprint density at radius 3 is 2.48 bits per heavy atom. The minimum atomic E-state index is -4.72. The van der Waals surface area contributed by atoms with Gasteiger partial charge >= 0.3 is 6.18 Å². The van der Waals surface area contributed by atoms with E-state index in [1.165, 1.54) is 37.4 Å². The first kappa shape index (κ1) is 32.9. The highest BCUT2D eigenvalue weighted by molar-refractivity contribution is 5.90. The highest BCUT2D eigenvalue weighted by atomic mass is 19.4. The molecular weight excluding hydrogens is 599 g/mol. The van der Waals surface area contributed by atoms with Crippen molar-refractivity contribution < 1.29 is 18.0 Å². The third-order valence-electron chi connectivity index (χ3n) is 9.02. The Labute approximate surface area is 265 Å². The summed E-state index contributed by atoms with van der Waals surface area (Å²) in [5, 5.41) is 14.0. The summed E-state index contributed by atoms with van der Waals surface area (Å²) >= 11 is 0. The number of piperazine rings is 1. The fourth-order valence-electron chi connectivity index (χ4n) is 6.65. The second kappa shape index (κ2) is 13.5. The Morgan fingerprint density at radius 1 is 1.13 bits per heavy atom. The molecule has 0 radical (unpaired) electrons. The average Bonchev–Trinajstić information content (AvgIpc) is 3.04. The molecule has 11 nitrogen and oxygen atoms in total. The fourth-order valence-corrected chi connectivity index (χ4v) is 6.65. The zero-order chi connectivity index (χ0) is 33.2. The molecule has 5 rings (SSSR count). The number of aromatic nitrogens is 4. The maximum absolute atomic E-state index is 14.2. The van der Waals surface area contributed by atoms with Crippen LogP contribution in [0.1, 0.15) is 44.2 Å². The number of halogens is 3. The molecule has 1 aromatic carbocycles. The monoisotopic (exact) mass is 637 g/mol. The molecule has 0 unspecified atom stereocenters. The molecule has 0 saturated carbocycles. The summed E-state index contributed by atoms with van der Waals surface area (Å²) in [6.07, 6.45) is -0.373. The van der Waals surface area contributed by atoms with E-state index in [-0.39, 0.29) is 47.6 Å². The van der Waals surface area contributed by atoms with Gasteiger partial charge in [-0.05, 0) is 50.6 Å². The van der Waals surface area contributed by atoms with Gasteiger partial charge in [-0.25, -0.2) is 4.98 Å². The molecule has 2 aliphatic heterocycles. The zero-order valence-corrected chi connectivity index (χ0v) is 26.3. The minimum Gasteiger partial charge on any atom is -0.352 e. The molecule has 244 valence electrons. The van der Waals surface area contributed by atoms with Gasteiger partial charge in [-0.2, -0.15) is 33.2 Å². The van der Waals surface area contributed by atoms with Gasteiger partial charge in [0.2, 0.25) is 11.9 Å². The van der Waals surface area contributed by atoms with Crippen molar-refractivity contribution in [1.82, 2.24) is 29.5 Å². The number of nitrogens with zero attached hydrogens (tertiary/aromatic N) is 9. The lowest BCUT2D eigenvalue weighted by Gasteiger charge is -2.41. The Bertz CT molecular complexity index is 1710. The number of nitriles is 1. The molecular formula is C32H38F3N9O2. The first-order chi connectivity index (χ1) is 22.0. The number of rotatable bonds is 8. The highest BCUT2D eigenvalue weighted by Crippen LogP contribution is 2.36. The van der Waals surface area contributed by atoms with Crippen LogP contribution in [0.2, 0.25) is 0 Å². The first-order valence-electron chi connectivity index (χ1n) is 15.5. The van der Waals surface area contributed by atoms with Crippen LogP contribution in [-0.2, 0) is 11.0 Å². The second-order valence-corrected chi connectivity index (χ2v) is 11.6. The summed E-state index contributed by atoms with van der Waals surface area (Å²) in [6, 6.07) is 6.09. The molecule has 2 aliphatic rings. The number of carbonyl (C=O) groups excluding carboxylic acids is 1. The molecule has 2 fully saturated rings. The molecule has 2 aromatic heterocycles. The maximum Gasteiger partial charge on any atom is 0.418 e. The van der Waals surface area contributed by atoms with Gasteiger partial charge in [-0.3, -0.25) is 9.59 Å². The van der Waals surface area contributed by atoms with E-state index in [2.05, 4.69) is 41.5 Å². The van der Waals surface area contributed by atoms with Crippen LogP contribution in [-0.4, -0.2) is 93.4 Å². The smallest absolute Gasteiger partial charge is 0.352 e. The van der Waals surface area contributed by atoms with Crippen LogP contribution in [0.4, 0.5) is 24.9 Å². The van der Waals surface area contributed by atoms with Crippen molar-refractivity contribution in [3.05, 3.63) is 58.5 Å². The molecule has 0 N–H and O–H groups in total.